The standard InChI is InChI=1S/C11H12Cl2N4O4/c12-5-3-6(9(18)19)8(7(13)4-5)17-11(21)16-2-1-15-10(14)20/h3-4H,1-2H2,(H,18,19)(H3,14,15,20)(H2,16,17,21). The van der Waals surface area contributed by atoms with Crippen LogP contribution in [0.2, 0.25) is 10.0 Å². The lowest BCUT2D eigenvalue weighted by Gasteiger charge is -2.12. The summed E-state index contributed by atoms with van der Waals surface area (Å²) in [6.45, 7) is 0.227. The van der Waals surface area contributed by atoms with Gasteiger partial charge in [0.05, 0.1) is 16.3 Å². The van der Waals surface area contributed by atoms with Gasteiger partial charge in [-0.15, -0.1) is 0 Å². The van der Waals surface area contributed by atoms with Crippen molar-refractivity contribution >= 4 is 46.9 Å². The zero-order chi connectivity index (χ0) is 16.0. The first-order valence-corrected chi connectivity index (χ1v) is 6.37. The number of halogens is 2. The Bertz CT molecular complexity index is 580. The Hall–Kier alpha value is -2.19. The third-order valence-electron chi connectivity index (χ3n) is 2.23. The first kappa shape index (κ1) is 16.9. The number of aromatic carboxylic acids is 1. The Morgan fingerprint density at radius 2 is 1.76 bits per heavy atom. The zero-order valence-corrected chi connectivity index (χ0v) is 12.1. The first-order valence-electron chi connectivity index (χ1n) is 5.61. The molecular weight excluding hydrogens is 323 g/mol. The van der Waals surface area contributed by atoms with Crippen LogP contribution in [-0.2, 0) is 0 Å². The minimum atomic E-state index is -1.29. The highest BCUT2D eigenvalue weighted by Gasteiger charge is 2.17. The van der Waals surface area contributed by atoms with Crippen molar-refractivity contribution in [2.24, 2.45) is 5.73 Å². The summed E-state index contributed by atoms with van der Waals surface area (Å²) < 4.78 is 0. The number of carbonyl (C=O) groups excluding carboxylic acids is 2. The summed E-state index contributed by atoms with van der Waals surface area (Å²) in [5.41, 5.74) is 4.53. The first-order chi connectivity index (χ1) is 9.81. The number of nitrogens with two attached hydrogens (primary N) is 1. The molecule has 1 aromatic rings. The molecule has 21 heavy (non-hydrogen) atoms. The smallest absolute Gasteiger partial charge is 0.337 e. The van der Waals surface area contributed by atoms with Crippen molar-refractivity contribution in [2.45, 2.75) is 0 Å². The quantitative estimate of drug-likeness (QED) is 0.521. The summed E-state index contributed by atoms with van der Waals surface area (Å²) >= 11 is 11.6. The number of carboxylic acid groups (broad SMARTS) is 1. The molecule has 0 aliphatic rings. The van der Waals surface area contributed by atoms with Gasteiger partial charge in [0.15, 0.2) is 0 Å². The number of nitrogens with one attached hydrogen (secondary N) is 3. The normalized spacial score (nSPS) is 9.81. The average Bonchev–Trinajstić information content (AvgIpc) is 2.37. The Morgan fingerprint density at radius 1 is 1.14 bits per heavy atom. The van der Waals surface area contributed by atoms with Crippen LogP contribution in [-0.4, -0.2) is 36.2 Å². The second kappa shape index (κ2) is 7.55. The highest BCUT2D eigenvalue weighted by molar-refractivity contribution is 6.37. The van der Waals surface area contributed by atoms with E-state index in [2.05, 4.69) is 16.0 Å². The maximum Gasteiger partial charge on any atom is 0.337 e. The van der Waals surface area contributed by atoms with E-state index in [4.69, 9.17) is 34.0 Å². The van der Waals surface area contributed by atoms with E-state index in [0.717, 1.165) is 0 Å². The van der Waals surface area contributed by atoms with Crippen molar-refractivity contribution in [3.8, 4) is 0 Å². The monoisotopic (exact) mass is 334 g/mol. The van der Waals surface area contributed by atoms with Gasteiger partial charge in [-0.2, -0.15) is 0 Å². The third kappa shape index (κ3) is 5.36. The second-order valence-corrected chi connectivity index (χ2v) is 4.63. The average molecular weight is 335 g/mol. The van der Waals surface area contributed by atoms with E-state index in [0.29, 0.717) is 0 Å². The number of anilines is 1. The Morgan fingerprint density at radius 3 is 2.33 bits per heavy atom. The van der Waals surface area contributed by atoms with E-state index in [1.165, 1.54) is 12.1 Å². The van der Waals surface area contributed by atoms with E-state index < -0.39 is 18.0 Å². The van der Waals surface area contributed by atoms with Gasteiger partial charge < -0.3 is 26.8 Å². The molecule has 1 rings (SSSR count). The largest absolute Gasteiger partial charge is 0.478 e. The van der Waals surface area contributed by atoms with Crippen LogP contribution in [0, 0.1) is 0 Å². The Labute approximate surface area is 129 Å². The summed E-state index contributed by atoms with van der Waals surface area (Å²) in [5.74, 6) is -1.29. The summed E-state index contributed by atoms with van der Waals surface area (Å²) in [7, 11) is 0. The highest BCUT2D eigenvalue weighted by atomic mass is 35.5. The number of hydrogen-bond donors (Lipinski definition) is 5. The SMILES string of the molecule is NC(=O)NCCNC(=O)Nc1c(Cl)cc(Cl)cc1C(=O)O. The van der Waals surface area contributed by atoms with E-state index in [1.807, 2.05) is 0 Å². The molecule has 0 aliphatic heterocycles. The van der Waals surface area contributed by atoms with Gasteiger partial charge in [0.2, 0.25) is 0 Å². The van der Waals surface area contributed by atoms with Crippen molar-refractivity contribution in [3.05, 3.63) is 27.7 Å². The minimum absolute atomic E-state index is 0.00897. The molecule has 114 valence electrons. The molecule has 0 unspecified atom stereocenters. The van der Waals surface area contributed by atoms with Crippen molar-refractivity contribution in [1.29, 1.82) is 0 Å². The lowest BCUT2D eigenvalue weighted by molar-refractivity contribution is 0.0698. The zero-order valence-electron chi connectivity index (χ0n) is 10.6. The molecule has 0 saturated heterocycles. The molecular formula is C11H12Cl2N4O4. The Balaban J connectivity index is 2.72. The number of rotatable bonds is 5. The van der Waals surface area contributed by atoms with E-state index in [-0.39, 0.29) is 34.4 Å². The van der Waals surface area contributed by atoms with Crippen molar-refractivity contribution in [1.82, 2.24) is 10.6 Å². The molecule has 0 aromatic heterocycles. The molecule has 8 nitrogen and oxygen atoms in total. The fourth-order valence-corrected chi connectivity index (χ4v) is 1.93. The van der Waals surface area contributed by atoms with Crippen molar-refractivity contribution < 1.29 is 19.5 Å². The molecule has 4 amide bonds. The van der Waals surface area contributed by atoms with Gasteiger partial charge in [-0.25, -0.2) is 14.4 Å². The lowest BCUT2D eigenvalue weighted by atomic mass is 10.2. The molecule has 0 atom stereocenters. The molecule has 1 aromatic carbocycles. The third-order valence-corrected chi connectivity index (χ3v) is 2.75. The topological polar surface area (TPSA) is 134 Å². The molecule has 0 saturated carbocycles. The minimum Gasteiger partial charge on any atom is -0.478 e. The maximum absolute atomic E-state index is 11.6. The molecule has 0 spiro atoms. The number of carboxylic acids is 1. The van der Waals surface area contributed by atoms with Crippen LogP contribution < -0.4 is 21.7 Å². The molecule has 6 N–H and O–H groups in total. The van der Waals surface area contributed by atoms with Crippen molar-refractivity contribution in [3.63, 3.8) is 0 Å². The van der Waals surface area contributed by atoms with Crippen LogP contribution in [0.5, 0.6) is 0 Å². The Kier molecular flexibility index (Phi) is 6.07. The predicted molar refractivity (Wildman–Crippen MR) is 78.0 cm³/mol. The van der Waals surface area contributed by atoms with Gasteiger partial charge in [0.25, 0.3) is 0 Å². The van der Waals surface area contributed by atoms with Gasteiger partial charge in [-0.1, -0.05) is 23.2 Å². The van der Waals surface area contributed by atoms with Gasteiger partial charge in [-0.05, 0) is 12.1 Å². The van der Waals surface area contributed by atoms with Gasteiger partial charge in [0.1, 0.15) is 0 Å². The summed E-state index contributed by atoms with van der Waals surface area (Å²) in [6, 6.07) is 1.07. The van der Waals surface area contributed by atoms with Gasteiger partial charge in [0, 0.05) is 18.1 Å². The van der Waals surface area contributed by atoms with E-state index >= 15 is 0 Å². The fourth-order valence-electron chi connectivity index (χ4n) is 1.39. The van der Waals surface area contributed by atoms with E-state index in [1.54, 1.807) is 0 Å². The van der Waals surface area contributed by atoms with Crippen LogP contribution in [0.25, 0.3) is 0 Å². The van der Waals surface area contributed by atoms with Crippen LogP contribution >= 0.6 is 23.2 Å². The second-order valence-electron chi connectivity index (χ2n) is 3.79. The van der Waals surface area contributed by atoms with Crippen LogP contribution in [0.1, 0.15) is 10.4 Å². The molecule has 0 heterocycles. The highest BCUT2D eigenvalue weighted by Crippen LogP contribution is 2.30. The van der Waals surface area contributed by atoms with E-state index in [9.17, 15) is 14.4 Å². The predicted octanol–water partition coefficient (Wildman–Crippen LogP) is 1.48. The summed E-state index contributed by atoms with van der Waals surface area (Å²) in [5, 5.41) is 16.1. The van der Waals surface area contributed by atoms with Crippen LogP contribution in [0.4, 0.5) is 15.3 Å². The molecule has 10 heteroatoms. The molecule has 0 aliphatic carbocycles. The number of amides is 4. The lowest BCUT2D eigenvalue weighted by Crippen LogP contribution is -2.38. The summed E-state index contributed by atoms with van der Waals surface area (Å²) in [4.78, 5) is 33.1. The number of primary amides is 1. The van der Waals surface area contributed by atoms with Crippen LogP contribution in [0.3, 0.4) is 0 Å². The molecule has 0 fully saturated rings. The molecule has 0 bridgehead atoms. The number of urea groups is 2. The van der Waals surface area contributed by atoms with Gasteiger partial charge in [-0.3, -0.25) is 0 Å². The molecule has 0 radical (unpaired) electrons. The maximum atomic E-state index is 11.6. The van der Waals surface area contributed by atoms with Gasteiger partial charge >= 0.3 is 18.0 Å². The van der Waals surface area contributed by atoms with Crippen LogP contribution in [0.15, 0.2) is 12.1 Å². The number of carbonyl (C=O) groups is 3. The fraction of sp³-hybridized carbons (Fsp3) is 0.182. The number of benzene rings is 1. The summed E-state index contributed by atoms with van der Waals surface area (Å²) in [6.07, 6.45) is 0. The van der Waals surface area contributed by atoms with Crippen molar-refractivity contribution in [2.75, 3.05) is 18.4 Å². The number of hydrogen-bond acceptors (Lipinski definition) is 3.